The van der Waals surface area contributed by atoms with E-state index in [1.54, 1.807) is 6.26 Å². The summed E-state index contributed by atoms with van der Waals surface area (Å²) in [5, 5.41) is 7.05. The zero-order valence-electron chi connectivity index (χ0n) is 9.24. The van der Waals surface area contributed by atoms with Gasteiger partial charge in [-0.25, -0.2) is 0 Å². The summed E-state index contributed by atoms with van der Waals surface area (Å²) < 4.78 is 8.45. The zero-order chi connectivity index (χ0) is 11.9. The van der Waals surface area contributed by atoms with Crippen LogP contribution < -0.4 is 0 Å². The van der Waals surface area contributed by atoms with E-state index < -0.39 is 0 Å². The first kappa shape index (κ1) is 11.6. The highest BCUT2D eigenvalue weighted by Gasteiger charge is 2.22. The molecule has 0 bridgehead atoms. The van der Waals surface area contributed by atoms with Gasteiger partial charge >= 0.3 is 0 Å². The van der Waals surface area contributed by atoms with Gasteiger partial charge in [0.25, 0.3) is 0 Å². The van der Waals surface area contributed by atoms with Crippen molar-refractivity contribution in [2.75, 3.05) is 0 Å². The number of hydrogen-bond donors (Lipinski definition) is 1. The highest BCUT2D eigenvalue weighted by atomic mass is 79.9. The molecule has 0 saturated heterocycles. The van der Waals surface area contributed by atoms with Crippen molar-refractivity contribution in [3.8, 4) is 11.4 Å². The first-order valence-corrected chi connectivity index (χ1v) is 6.02. The van der Waals surface area contributed by atoms with Gasteiger partial charge in [-0.1, -0.05) is 0 Å². The van der Waals surface area contributed by atoms with E-state index in [2.05, 4.69) is 46.9 Å². The molecule has 0 unspecified atom stereocenters. The minimum atomic E-state index is -0.129. The predicted molar refractivity (Wildman–Crippen MR) is 67.8 cm³/mol. The topological polar surface area (TPSA) is 46.8 Å². The van der Waals surface area contributed by atoms with Gasteiger partial charge in [0, 0.05) is 5.54 Å². The molecule has 0 fully saturated rings. The SMILES string of the molecule is CC(C)(C)n1c(-c2ccoc2Br)n[nH]c1=S. The Hall–Kier alpha value is -0.880. The smallest absolute Gasteiger partial charge is 0.195 e. The molecule has 2 rings (SSSR count). The van der Waals surface area contributed by atoms with Crippen molar-refractivity contribution in [3.63, 3.8) is 0 Å². The minimum absolute atomic E-state index is 0.129. The van der Waals surface area contributed by atoms with Gasteiger partial charge in [0.15, 0.2) is 15.3 Å². The molecule has 2 heterocycles. The highest BCUT2D eigenvalue weighted by molar-refractivity contribution is 9.10. The van der Waals surface area contributed by atoms with Crippen LogP contribution in [0, 0.1) is 4.77 Å². The third-order valence-corrected chi connectivity index (χ3v) is 3.09. The second kappa shape index (κ2) is 3.85. The van der Waals surface area contributed by atoms with Gasteiger partial charge in [-0.3, -0.25) is 9.67 Å². The summed E-state index contributed by atoms with van der Waals surface area (Å²) in [4.78, 5) is 0. The number of halogens is 1. The quantitative estimate of drug-likeness (QED) is 0.817. The number of aromatic amines is 1. The largest absolute Gasteiger partial charge is 0.457 e. The fourth-order valence-electron chi connectivity index (χ4n) is 1.55. The van der Waals surface area contributed by atoms with Crippen LogP contribution in [0.4, 0.5) is 0 Å². The van der Waals surface area contributed by atoms with Crippen LogP contribution in [0.15, 0.2) is 21.4 Å². The molecule has 0 aliphatic heterocycles. The van der Waals surface area contributed by atoms with E-state index in [4.69, 9.17) is 16.6 Å². The number of H-pyrrole nitrogens is 1. The molecule has 6 heteroatoms. The van der Waals surface area contributed by atoms with E-state index in [-0.39, 0.29) is 5.54 Å². The summed E-state index contributed by atoms with van der Waals surface area (Å²) in [6.45, 7) is 6.24. The average molecular weight is 302 g/mol. The summed E-state index contributed by atoms with van der Waals surface area (Å²) in [5.41, 5.74) is 0.762. The van der Waals surface area contributed by atoms with Crippen LogP contribution in [0.3, 0.4) is 0 Å². The monoisotopic (exact) mass is 301 g/mol. The van der Waals surface area contributed by atoms with Gasteiger partial charge in [-0.2, -0.15) is 5.10 Å². The molecule has 0 amide bonds. The summed E-state index contributed by atoms with van der Waals surface area (Å²) in [5.74, 6) is 0.776. The van der Waals surface area contributed by atoms with Gasteiger partial charge in [0.2, 0.25) is 0 Å². The standard InChI is InChI=1S/C10H12BrN3OS/c1-10(2,3)14-8(12-13-9(14)16)6-4-5-15-7(6)11/h4-5H,1-3H3,(H,13,16). The molecule has 0 radical (unpaired) electrons. The Morgan fingerprint density at radius 1 is 1.50 bits per heavy atom. The first-order valence-electron chi connectivity index (χ1n) is 4.82. The van der Waals surface area contributed by atoms with E-state index in [9.17, 15) is 0 Å². The molecule has 0 aliphatic rings. The summed E-state index contributed by atoms with van der Waals surface area (Å²) >= 11 is 8.58. The fourth-order valence-corrected chi connectivity index (χ4v) is 2.38. The van der Waals surface area contributed by atoms with Crippen molar-refractivity contribution in [1.82, 2.24) is 14.8 Å². The summed E-state index contributed by atoms with van der Waals surface area (Å²) in [6.07, 6.45) is 1.62. The maximum Gasteiger partial charge on any atom is 0.195 e. The maximum atomic E-state index is 5.24. The van der Waals surface area contributed by atoms with Gasteiger partial charge in [0.05, 0.1) is 11.8 Å². The van der Waals surface area contributed by atoms with Gasteiger partial charge < -0.3 is 4.42 Å². The first-order chi connectivity index (χ1) is 7.41. The van der Waals surface area contributed by atoms with Crippen LogP contribution >= 0.6 is 28.1 Å². The number of nitrogens with one attached hydrogen (secondary N) is 1. The second-order valence-corrected chi connectivity index (χ2v) is 5.57. The number of aromatic nitrogens is 3. The van der Waals surface area contributed by atoms with Crippen molar-refractivity contribution in [1.29, 1.82) is 0 Å². The molecule has 0 saturated carbocycles. The van der Waals surface area contributed by atoms with Gasteiger partial charge in [0.1, 0.15) is 0 Å². The van der Waals surface area contributed by atoms with Crippen LogP contribution in [0.25, 0.3) is 11.4 Å². The highest BCUT2D eigenvalue weighted by Crippen LogP contribution is 2.30. The third-order valence-electron chi connectivity index (χ3n) is 2.20. The Labute approximate surface area is 107 Å². The molecule has 2 aromatic rings. The van der Waals surface area contributed by atoms with Crippen molar-refractivity contribution >= 4 is 28.1 Å². The molecular formula is C10H12BrN3OS. The van der Waals surface area contributed by atoms with E-state index in [1.807, 2.05) is 10.6 Å². The van der Waals surface area contributed by atoms with Crippen LogP contribution in [0.1, 0.15) is 20.8 Å². The van der Waals surface area contributed by atoms with Gasteiger partial charge in [-0.15, -0.1) is 0 Å². The van der Waals surface area contributed by atoms with Crippen LogP contribution in [0.2, 0.25) is 0 Å². The lowest BCUT2D eigenvalue weighted by atomic mass is 10.1. The van der Waals surface area contributed by atoms with Crippen molar-refractivity contribution in [3.05, 3.63) is 21.8 Å². The fraction of sp³-hybridized carbons (Fsp3) is 0.400. The van der Waals surface area contributed by atoms with E-state index in [1.165, 1.54) is 0 Å². The lowest BCUT2D eigenvalue weighted by Crippen LogP contribution is -2.22. The molecule has 0 spiro atoms. The van der Waals surface area contributed by atoms with Crippen molar-refractivity contribution in [2.24, 2.45) is 0 Å². The molecule has 2 aromatic heterocycles. The van der Waals surface area contributed by atoms with Crippen LogP contribution in [0.5, 0.6) is 0 Å². The van der Waals surface area contributed by atoms with Crippen LogP contribution in [-0.4, -0.2) is 14.8 Å². The Kier molecular flexibility index (Phi) is 2.79. The van der Waals surface area contributed by atoms with E-state index in [0.717, 1.165) is 11.4 Å². The predicted octanol–water partition coefficient (Wildman–Crippen LogP) is 3.72. The lowest BCUT2D eigenvalue weighted by Gasteiger charge is -2.22. The normalized spacial score (nSPS) is 12.0. The molecular weight excluding hydrogens is 290 g/mol. The van der Waals surface area contributed by atoms with Crippen molar-refractivity contribution in [2.45, 2.75) is 26.3 Å². The minimum Gasteiger partial charge on any atom is -0.457 e. The summed E-state index contributed by atoms with van der Waals surface area (Å²) in [7, 11) is 0. The Morgan fingerprint density at radius 2 is 2.19 bits per heavy atom. The Bertz CT molecular complexity index is 561. The summed E-state index contributed by atoms with van der Waals surface area (Å²) in [6, 6.07) is 1.86. The zero-order valence-corrected chi connectivity index (χ0v) is 11.6. The third kappa shape index (κ3) is 1.87. The molecule has 16 heavy (non-hydrogen) atoms. The number of furan rings is 1. The van der Waals surface area contributed by atoms with Crippen LogP contribution in [-0.2, 0) is 5.54 Å². The number of rotatable bonds is 1. The Morgan fingerprint density at radius 3 is 2.69 bits per heavy atom. The molecule has 0 atom stereocenters. The van der Waals surface area contributed by atoms with E-state index >= 15 is 0 Å². The average Bonchev–Trinajstić information content (AvgIpc) is 2.69. The maximum absolute atomic E-state index is 5.24. The second-order valence-electron chi connectivity index (χ2n) is 4.47. The number of nitrogens with zero attached hydrogens (tertiary/aromatic N) is 2. The molecule has 0 aromatic carbocycles. The Balaban J connectivity index is 2.69. The van der Waals surface area contributed by atoms with Gasteiger partial charge in [-0.05, 0) is 55.0 Å². The number of hydrogen-bond acceptors (Lipinski definition) is 3. The molecule has 0 aliphatic carbocycles. The molecule has 86 valence electrons. The molecule has 4 nitrogen and oxygen atoms in total. The lowest BCUT2D eigenvalue weighted by molar-refractivity contribution is 0.395. The van der Waals surface area contributed by atoms with Crippen molar-refractivity contribution < 1.29 is 4.42 Å². The van der Waals surface area contributed by atoms with E-state index in [0.29, 0.717) is 9.44 Å². The molecule has 1 N–H and O–H groups in total.